The van der Waals surface area contributed by atoms with Crippen molar-refractivity contribution in [3.63, 3.8) is 0 Å². The molecule has 3 N–H and O–H groups in total. The van der Waals surface area contributed by atoms with Crippen molar-refractivity contribution in [1.29, 1.82) is 0 Å². The Hall–Kier alpha value is -1.24. The molecule has 2 heterocycles. The Morgan fingerprint density at radius 1 is 1.50 bits per heavy atom. The third-order valence-corrected chi connectivity index (χ3v) is 3.28. The van der Waals surface area contributed by atoms with E-state index in [1.807, 2.05) is 6.92 Å². The zero-order valence-corrected chi connectivity index (χ0v) is 11.2. The molecule has 1 fully saturated rings. The Labute approximate surface area is 108 Å². The van der Waals surface area contributed by atoms with Crippen LogP contribution in [0.1, 0.15) is 30.1 Å². The summed E-state index contributed by atoms with van der Waals surface area (Å²) in [5.74, 6) is 6.95. The van der Waals surface area contributed by atoms with E-state index < -0.39 is 0 Å². The van der Waals surface area contributed by atoms with E-state index in [2.05, 4.69) is 34.3 Å². The maximum absolute atomic E-state index is 5.73. The molecule has 0 radical (unpaired) electrons. The van der Waals surface area contributed by atoms with Gasteiger partial charge in [0, 0.05) is 24.3 Å². The number of hydrogen-bond acceptors (Lipinski definition) is 6. The molecule has 1 atom stereocenters. The Bertz CT molecular complexity index is 423. The lowest BCUT2D eigenvalue weighted by Gasteiger charge is -2.29. The molecular weight excluding hydrogens is 230 g/mol. The van der Waals surface area contributed by atoms with Crippen LogP contribution < -0.4 is 11.3 Å². The first-order chi connectivity index (χ1) is 8.65. The van der Waals surface area contributed by atoms with Crippen molar-refractivity contribution >= 4 is 5.82 Å². The van der Waals surface area contributed by atoms with Gasteiger partial charge in [0.15, 0.2) is 5.82 Å². The highest BCUT2D eigenvalue weighted by Crippen LogP contribution is 2.23. The van der Waals surface area contributed by atoms with Crippen molar-refractivity contribution in [3.05, 3.63) is 17.1 Å². The van der Waals surface area contributed by atoms with Crippen LogP contribution in [0.5, 0.6) is 0 Å². The molecule has 6 heteroatoms. The SMILES string of the molecule is CCc1c(C)nc(C2CN(C)CCO2)nc1NN. The van der Waals surface area contributed by atoms with Gasteiger partial charge in [0.2, 0.25) is 0 Å². The van der Waals surface area contributed by atoms with Crippen LogP contribution in [0.2, 0.25) is 0 Å². The average Bonchev–Trinajstić information content (AvgIpc) is 2.37. The average molecular weight is 251 g/mol. The molecule has 1 unspecified atom stereocenters. The molecule has 1 aliphatic heterocycles. The second kappa shape index (κ2) is 5.60. The van der Waals surface area contributed by atoms with Crippen molar-refractivity contribution in [2.75, 3.05) is 32.2 Å². The number of aryl methyl sites for hydroxylation is 1. The van der Waals surface area contributed by atoms with Crippen LogP contribution >= 0.6 is 0 Å². The van der Waals surface area contributed by atoms with Crippen LogP contribution in [0.3, 0.4) is 0 Å². The molecule has 1 aromatic heterocycles. The number of anilines is 1. The molecule has 1 aliphatic rings. The van der Waals surface area contributed by atoms with Gasteiger partial charge in [-0.3, -0.25) is 0 Å². The summed E-state index contributed by atoms with van der Waals surface area (Å²) in [5, 5.41) is 0. The minimum atomic E-state index is -0.0690. The van der Waals surface area contributed by atoms with E-state index >= 15 is 0 Å². The fourth-order valence-electron chi connectivity index (χ4n) is 2.24. The zero-order valence-electron chi connectivity index (χ0n) is 11.2. The summed E-state index contributed by atoms with van der Waals surface area (Å²) < 4.78 is 5.73. The lowest BCUT2D eigenvalue weighted by molar-refractivity contribution is -0.0255. The number of rotatable bonds is 3. The summed E-state index contributed by atoms with van der Waals surface area (Å²) in [7, 11) is 2.07. The molecular formula is C12H21N5O. The predicted molar refractivity (Wildman–Crippen MR) is 70.1 cm³/mol. The minimum Gasteiger partial charge on any atom is -0.368 e. The molecule has 6 nitrogen and oxygen atoms in total. The Morgan fingerprint density at radius 2 is 2.28 bits per heavy atom. The van der Waals surface area contributed by atoms with Gasteiger partial charge >= 0.3 is 0 Å². The van der Waals surface area contributed by atoms with Gasteiger partial charge in [-0.05, 0) is 20.4 Å². The summed E-state index contributed by atoms with van der Waals surface area (Å²) in [4.78, 5) is 11.3. The topological polar surface area (TPSA) is 76.3 Å². The van der Waals surface area contributed by atoms with Gasteiger partial charge in [0.1, 0.15) is 11.9 Å². The standard InChI is InChI=1S/C12H21N5O/c1-4-9-8(2)14-12(15-11(9)16-13)10-7-17(3)5-6-18-10/h10H,4-7,13H2,1-3H3,(H,14,15,16). The van der Waals surface area contributed by atoms with Gasteiger partial charge in [-0.1, -0.05) is 6.92 Å². The third kappa shape index (κ3) is 2.60. The highest BCUT2D eigenvalue weighted by Gasteiger charge is 2.23. The molecule has 2 rings (SSSR count). The number of hydrazine groups is 1. The molecule has 1 saturated heterocycles. The van der Waals surface area contributed by atoms with Gasteiger partial charge in [0.25, 0.3) is 0 Å². The molecule has 0 aromatic carbocycles. The highest BCUT2D eigenvalue weighted by molar-refractivity contribution is 5.45. The number of nitrogens with one attached hydrogen (secondary N) is 1. The second-order valence-electron chi connectivity index (χ2n) is 4.61. The first-order valence-electron chi connectivity index (χ1n) is 6.29. The summed E-state index contributed by atoms with van der Waals surface area (Å²) >= 11 is 0. The van der Waals surface area contributed by atoms with E-state index in [9.17, 15) is 0 Å². The first-order valence-corrected chi connectivity index (χ1v) is 6.29. The summed E-state index contributed by atoms with van der Waals surface area (Å²) in [6, 6.07) is 0. The van der Waals surface area contributed by atoms with Crippen LogP contribution in [0.25, 0.3) is 0 Å². The second-order valence-corrected chi connectivity index (χ2v) is 4.61. The van der Waals surface area contributed by atoms with Gasteiger partial charge in [0.05, 0.1) is 6.61 Å². The van der Waals surface area contributed by atoms with Gasteiger partial charge in [-0.2, -0.15) is 0 Å². The van der Waals surface area contributed by atoms with Gasteiger partial charge in [-0.15, -0.1) is 0 Å². The minimum absolute atomic E-state index is 0.0690. The van der Waals surface area contributed by atoms with Crippen LogP contribution in [-0.4, -0.2) is 41.6 Å². The van der Waals surface area contributed by atoms with Crippen molar-refractivity contribution < 1.29 is 4.74 Å². The maximum atomic E-state index is 5.73. The molecule has 18 heavy (non-hydrogen) atoms. The number of aromatic nitrogens is 2. The zero-order chi connectivity index (χ0) is 13.1. The van der Waals surface area contributed by atoms with Crippen molar-refractivity contribution in [1.82, 2.24) is 14.9 Å². The molecule has 100 valence electrons. The van der Waals surface area contributed by atoms with Crippen LogP contribution in [0.15, 0.2) is 0 Å². The monoisotopic (exact) mass is 251 g/mol. The smallest absolute Gasteiger partial charge is 0.161 e. The number of nitrogens with two attached hydrogens (primary N) is 1. The number of hydrogen-bond donors (Lipinski definition) is 2. The fraction of sp³-hybridized carbons (Fsp3) is 0.667. The van der Waals surface area contributed by atoms with Crippen molar-refractivity contribution in [2.24, 2.45) is 5.84 Å². The molecule has 0 amide bonds. The Kier molecular flexibility index (Phi) is 4.11. The lowest BCUT2D eigenvalue weighted by Crippen LogP contribution is -2.36. The molecule has 0 spiro atoms. The van der Waals surface area contributed by atoms with E-state index in [-0.39, 0.29) is 6.10 Å². The van der Waals surface area contributed by atoms with E-state index in [4.69, 9.17) is 10.6 Å². The molecule has 0 bridgehead atoms. The Morgan fingerprint density at radius 3 is 2.89 bits per heavy atom. The summed E-state index contributed by atoms with van der Waals surface area (Å²) in [5.41, 5.74) is 4.68. The number of likely N-dealkylation sites (N-methyl/N-ethyl adjacent to an activating group) is 1. The molecule has 0 aliphatic carbocycles. The molecule has 0 saturated carbocycles. The predicted octanol–water partition coefficient (Wildman–Crippen LogP) is 0.636. The molecule has 1 aromatic rings. The van der Waals surface area contributed by atoms with Crippen LogP contribution in [0.4, 0.5) is 5.82 Å². The number of nitrogen functional groups attached to an aromatic ring is 1. The van der Waals surface area contributed by atoms with Gasteiger partial charge in [-0.25, -0.2) is 15.8 Å². The van der Waals surface area contributed by atoms with E-state index in [0.29, 0.717) is 18.2 Å². The normalized spacial score (nSPS) is 21.0. The summed E-state index contributed by atoms with van der Waals surface area (Å²) in [6.45, 7) is 6.53. The van der Waals surface area contributed by atoms with Crippen molar-refractivity contribution in [2.45, 2.75) is 26.4 Å². The Balaban J connectivity index is 2.30. The van der Waals surface area contributed by atoms with E-state index in [1.165, 1.54) is 0 Å². The number of nitrogens with zero attached hydrogens (tertiary/aromatic N) is 3. The summed E-state index contributed by atoms with van der Waals surface area (Å²) in [6.07, 6.45) is 0.789. The van der Waals surface area contributed by atoms with Crippen molar-refractivity contribution in [3.8, 4) is 0 Å². The van der Waals surface area contributed by atoms with E-state index in [1.54, 1.807) is 0 Å². The van der Waals surface area contributed by atoms with Gasteiger partial charge < -0.3 is 15.1 Å². The number of morpholine rings is 1. The third-order valence-electron chi connectivity index (χ3n) is 3.28. The lowest BCUT2D eigenvalue weighted by atomic mass is 10.1. The largest absolute Gasteiger partial charge is 0.368 e. The van der Waals surface area contributed by atoms with Crippen LogP contribution in [0, 0.1) is 6.92 Å². The van der Waals surface area contributed by atoms with Crippen LogP contribution in [-0.2, 0) is 11.2 Å². The maximum Gasteiger partial charge on any atom is 0.161 e. The fourth-order valence-corrected chi connectivity index (χ4v) is 2.24. The first kappa shape index (κ1) is 13.2. The quantitative estimate of drug-likeness (QED) is 0.606. The van der Waals surface area contributed by atoms with E-state index in [0.717, 1.165) is 30.8 Å². The highest BCUT2D eigenvalue weighted by atomic mass is 16.5. The number of ether oxygens (including phenoxy) is 1.